The van der Waals surface area contributed by atoms with Gasteiger partial charge in [-0.1, -0.05) is 5.21 Å². The van der Waals surface area contributed by atoms with Crippen LogP contribution in [-0.4, -0.2) is 52.7 Å². The van der Waals surface area contributed by atoms with Crippen molar-refractivity contribution in [3.63, 3.8) is 0 Å². The molecule has 1 unspecified atom stereocenters. The molecule has 0 radical (unpaired) electrons. The molecule has 1 atom stereocenters. The van der Waals surface area contributed by atoms with Crippen molar-refractivity contribution < 1.29 is 9.53 Å². The second-order valence-corrected chi connectivity index (χ2v) is 5.48. The Kier molecular flexibility index (Phi) is 3.24. The van der Waals surface area contributed by atoms with Crippen molar-refractivity contribution >= 4 is 5.91 Å². The minimum Gasteiger partial charge on any atom is -0.373 e. The van der Waals surface area contributed by atoms with Crippen LogP contribution in [0.2, 0.25) is 0 Å². The molecular weight excluding hydrogens is 246 g/mol. The number of nitrogens with zero attached hydrogens (tertiary/aromatic N) is 3. The van der Waals surface area contributed by atoms with Crippen LogP contribution in [-0.2, 0) is 4.74 Å². The third kappa shape index (κ3) is 2.62. The highest BCUT2D eigenvalue weighted by molar-refractivity contribution is 5.91. The van der Waals surface area contributed by atoms with E-state index in [1.165, 1.54) is 0 Å². The maximum Gasteiger partial charge on any atom is 0.273 e. The zero-order valence-corrected chi connectivity index (χ0v) is 11.1. The van der Waals surface area contributed by atoms with Gasteiger partial charge in [0.2, 0.25) is 0 Å². The number of carbonyl (C=O) groups excluding carboxylic acids is 1. The lowest BCUT2D eigenvalue weighted by Crippen LogP contribution is -2.43. The summed E-state index contributed by atoms with van der Waals surface area (Å²) in [7, 11) is 0. The standard InChI is InChI=1S/C12H19N5O2/c1-12(3-2-4-19-12)8-14-11(18)10-7-17(16-15-10)9-5-13-6-9/h7,9,13H,2-6,8H2,1H3,(H,14,18). The molecule has 19 heavy (non-hydrogen) atoms. The summed E-state index contributed by atoms with van der Waals surface area (Å²) in [5.41, 5.74) is 0.136. The van der Waals surface area contributed by atoms with Crippen molar-refractivity contribution in [2.45, 2.75) is 31.4 Å². The number of ether oxygens (including phenoxy) is 1. The number of rotatable bonds is 4. The topological polar surface area (TPSA) is 81.1 Å². The van der Waals surface area contributed by atoms with Gasteiger partial charge in [0.05, 0.1) is 17.8 Å². The maximum atomic E-state index is 12.0. The molecule has 0 spiro atoms. The van der Waals surface area contributed by atoms with Gasteiger partial charge in [0.15, 0.2) is 5.69 Å². The van der Waals surface area contributed by atoms with Crippen LogP contribution in [0.25, 0.3) is 0 Å². The van der Waals surface area contributed by atoms with Gasteiger partial charge < -0.3 is 15.4 Å². The van der Waals surface area contributed by atoms with Gasteiger partial charge in [-0.05, 0) is 19.8 Å². The molecule has 1 aromatic heterocycles. The summed E-state index contributed by atoms with van der Waals surface area (Å²) < 4.78 is 7.38. The molecule has 0 aliphatic carbocycles. The average molecular weight is 265 g/mol. The Bertz CT molecular complexity index is 462. The van der Waals surface area contributed by atoms with Crippen molar-refractivity contribution in [2.75, 3.05) is 26.2 Å². The van der Waals surface area contributed by atoms with Crippen molar-refractivity contribution in [3.05, 3.63) is 11.9 Å². The van der Waals surface area contributed by atoms with Crippen molar-refractivity contribution in [1.82, 2.24) is 25.6 Å². The van der Waals surface area contributed by atoms with E-state index in [0.29, 0.717) is 18.3 Å². The van der Waals surface area contributed by atoms with E-state index in [4.69, 9.17) is 4.74 Å². The largest absolute Gasteiger partial charge is 0.373 e. The zero-order chi connectivity index (χ0) is 13.3. The van der Waals surface area contributed by atoms with Gasteiger partial charge in [-0.25, -0.2) is 4.68 Å². The van der Waals surface area contributed by atoms with Gasteiger partial charge in [-0.3, -0.25) is 4.79 Å². The lowest BCUT2D eigenvalue weighted by atomic mass is 10.0. The first-order valence-corrected chi connectivity index (χ1v) is 6.71. The number of hydrogen-bond acceptors (Lipinski definition) is 5. The second kappa shape index (κ2) is 4.90. The first-order valence-electron chi connectivity index (χ1n) is 6.71. The van der Waals surface area contributed by atoms with Crippen LogP contribution in [0.5, 0.6) is 0 Å². The molecule has 1 aromatic rings. The highest BCUT2D eigenvalue weighted by Gasteiger charge is 2.30. The fraction of sp³-hybridized carbons (Fsp3) is 0.750. The summed E-state index contributed by atoms with van der Waals surface area (Å²) in [6.07, 6.45) is 3.74. The van der Waals surface area contributed by atoms with E-state index >= 15 is 0 Å². The number of hydrogen-bond donors (Lipinski definition) is 2. The molecule has 2 saturated heterocycles. The Balaban J connectivity index is 1.56. The van der Waals surface area contributed by atoms with Crippen LogP contribution >= 0.6 is 0 Å². The molecule has 7 nitrogen and oxygen atoms in total. The molecule has 0 saturated carbocycles. The molecule has 104 valence electrons. The summed E-state index contributed by atoms with van der Waals surface area (Å²) in [4.78, 5) is 12.0. The number of amides is 1. The Morgan fingerprint density at radius 3 is 3.16 bits per heavy atom. The van der Waals surface area contributed by atoms with Crippen LogP contribution in [0.4, 0.5) is 0 Å². The number of carbonyl (C=O) groups is 1. The van der Waals surface area contributed by atoms with E-state index in [2.05, 4.69) is 20.9 Å². The van der Waals surface area contributed by atoms with E-state index in [1.807, 2.05) is 6.92 Å². The summed E-state index contributed by atoms with van der Waals surface area (Å²) in [6, 6.07) is 0.324. The Morgan fingerprint density at radius 2 is 2.53 bits per heavy atom. The van der Waals surface area contributed by atoms with Crippen LogP contribution in [0.1, 0.15) is 36.3 Å². The predicted molar refractivity (Wildman–Crippen MR) is 67.9 cm³/mol. The number of nitrogens with one attached hydrogen (secondary N) is 2. The first-order chi connectivity index (χ1) is 9.16. The summed E-state index contributed by atoms with van der Waals surface area (Å²) in [5.74, 6) is -0.185. The average Bonchev–Trinajstić information content (AvgIpc) is 2.94. The Labute approximate surface area is 111 Å². The lowest BCUT2D eigenvalue weighted by molar-refractivity contribution is 0.0205. The van der Waals surface area contributed by atoms with E-state index in [9.17, 15) is 4.79 Å². The fourth-order valence-corrected chi connectivity index (χ4v) is 2.35. The van der Waals surface area contributed by atoms with Gasteiger partial charge in [0.25, 0.3) is 5.91 Å². The van der Waals surface area contributed by atoms with Crippen LogP contribution in [0, 0.1) is 0 Å². The third-order valence-corrected chi connectivity index (χ3v) is 3.80. The minimum atomic E-state index is -0.233. The van der Waals surface area contributed by atoms with E-state index < -0.39 is 0 Å². The van der Waals surface area contributed by atoms with Crippen molar-refractivity contribution in [3.8, 4) is 0 Å². The third-order valence-electron chi connectivity index (χ3n) is 3.80. The molecule has 3 rings (SSSR count). The Morgan fingerprint density at radius 1 is 1.68 bits per heavy atom. The summed E-state index contributed by atoms with van der Waals surface area (Å²) in [6.45, 7) is 5.09. The molecule has 2 fully saturated rings. The van der Waals surface area contributed by atoms with Crippen LogP contribution < -0.4 is 10.6 Å². The monoisotopic (exact) mass is 265 g/mol. The molecule has 2 aliphatic heterocycles. The second-order valence-electron chi connectivity index (χ2n) is 5.48. The maximum absolute atomic E-state index is 12.0. The van der Waals surface area contributed by atoms with Gasteiger partial charge in [0.1, 0.15) is 0 Å². The SMILES string of the molecule is CC1(CNC(=O)c2cn(C3CNC3)nn2)CCCO1. The normalized spacial score (nSPS) is 27.2. The predicted octanol–water partition coefficient (Wildman–Crippen LogP) is -0.279. The smallest absolute Gasteiger partial charge is 0.273 e. The molecule has 3 heterocycles. The molecule has 0 aromatic carbocycles. The van der Waals surface area contributed by atoms with Crippen LogP contribution in [0.3, 0.4) is 0 Å². The van der Waals surface area contributed by atoms with Crippen LogP contribution in [0.15, 0.2) is 6.20 Å². The minimum absolute atomic E-state index is 0.185. The fourth-order valence-electron chi connectivity index (χ4n) is 2.35. The van der Waals surface area contributed by atoms with E-state index in [-0.39, 0.29) is 11.5 Å². The molecule has 2 N–H and O–H groups in total. The summed E-state index contributed by atoms with van der Waals surface area (Å²) in [5, 5.41) is 13.9. The molecular formula is C12H19N5O2. The highest BCUT2D eigenvalue weighted by atomic mass is 16.5. The van der Waals surface area contributed by atoms with Gasteiger partial charge in [-0.2, -0.15) is 0 Å². The molecule has 2 aliphatic rings. The quantitative estimate of drug-likeness (QED) is 0.782. The molecule has 7 heteroatoms. The Hall–Kier alpha value is -1.47. The molecule has 1 amide bonds. The van der Waals surface area contributed by atoms with E-state index in [0.717, 1.165) is 32.5 Å². The first kappa shape index (κ1) is 12.6. The van der Waals surface area contributed by atoms with Gasteiger partial charge >= 0.3 is 0 Å². The lowest BCUT2D eigenvalue weighted by Gasteiger charge is -2.26. The number of aromatic nitrogens is 3. The van der Waals surface area contributed by atoms with E-state index in [1.54, 1.807) is 10.9 Å². The summed E-state index contributed by atoms with van der Waals surface area (Å²) >= 11 is 0. The molecule has 0 bridgehead atoms. The zero-order valence-electron chi connectivity index (χ0n) is 11.1. The van der Waals surface area contributed by atoms with Gasteiger partial charge in [0, 0.05) is 26.2 Å². The highest BCUT2D eigenvalue weighted by Crippen LogP contribution is 2.23. The van der Waals surface area contributed by atoms with Crippen molar-refractivity contribution in [1.29, 1.82) is 0 Å². The van der Waals surface area contributed by atoms with Gasteiger partial charge in [-0.15, -0.1) is 5.10 Å². The van der Waals surface area contributed by atoms with Crippen molar-refractivity contribution in [2.24, 2.45) is 0 Å².